The molecule has 0 saturated carbocycles. The molecule has 10 nitrogen and oxygen atoms in total. The Labute approximate surface area is 257 Å². The van der Waals surface area contributed by atoms with Gasteiger partial charge in [0.05, 0.1) is 47.0 Å². The lowest BCUT2D eigenvalue weighted by molar-refractivity contribution is -0.00545. The predicted molar refractivity (Wildman–Crippen MR) is 171 cm³/mol. The maximum Gasteiger partial charge on any atom is 0.251 e. The quantitative estimate of drug-likeness (QED) is 0.313. The number of amides is 1. The molecule has 11 heteroatoms. The van der Waals surface area contributed by atoms with Gasteiger partial charge in [-0.15, -0.1) is 5.92 Å². The summed E-state index contributed by atoms with van der Waals surface area (Å²) in [5, 5.41) is 3.79. The fraction of sp³-hybridized carbons (Fsp3) is 0.333. The first-order chi connectivity index (χ1) is 21.2. The zero-order chi connectivity index (χ0) is 30.8. The van der Waals surface area contributed by atoms with E-state index in [2.05, 4.69) is 40.9 Å². The fourth-order valence-corrected chi connectivity index (χ4v) is 7.02. The number of nitrogens with zero attached hydrogens (tertiary/aromatic N) is 5. The Kier molecular flexibility index (Phi) is 8.21. The molecule has 6 rings (SSSR count). The molecule has 2 aliphatic rings. The van der Waals surface area contributed by atoms with E-state index in [1.54, 1.807) is 25.3 Å². The Morgan fingerprint density at radius 2 is 1.84 bits per heavy atom. The van der Waals surface area contributed by atoms with Gasteiger partial charge < -0.3 is 15.0 Å². The lowest BCUT2D eigenvalue weighted by Crippen LogP contribution is -2.45. The Bertz CT molecular complexity index is 1890. The molecule has 1 amide bonds. The van der Waals surface area contributed by atoms with E-state index in [1.165, 1.54) is 4.31 Å². The van der Waals surface area contributed by atoms with Crippen LogP contribution in [0.3, 0.4) is 0 Å². The molecule has 1 saturated heterocycles. The molecule has 0 bridgehead atoms. The summed E-state index contributed by atoms with van der Waals surface area (Å²) in [5.74, 6) is 5.59. The van der Waals surface area contributed by atoms with Gasteiger partial charge in [0, 0.05) is 36.8 Å². The van der Waals surface area contributed by atoms with Gasteiger partial charge in [-0.1, -0.05) is 18.1 Å². The second kappa shape index (κ2) is 12.2. The average Bonchev–Trinajstić information content (AvgIpc) is 3.46. The number of ether oxygens (including phenoxy) is 1. The van der Waals surface area contributed by atoms with Crippen LogP contribution in [-0.2, 0) is 27.7 Å². The van der Waals surface area contributed by atoms with Crippen LogP contribution in [0.15, 0.2) is 60.8 Å². The molecule has 0 spiro atoms. The molecule has 5 heterocycles. The predicted octanol–water partition coefficient (Wildman–Crippen LogP) is 3.95. The number of carbonyl (C=O) groups excluding carboxylic acids is 1. The number of sulfonamides is 1. The summed E-state index contributed by atoms with van der Waals surface area (Å²) in [6.07, 6.45) is 2.60. The molecule has 2 aliphatic heterocycles. The topological polar surface area (TPSA) is 118 Å². The highest BCUT2D eigenvalue weighted by Crippen LogP contribution is 2.31. The smallest absolute Gasteiger partial charge is 0.251 e. The third-order valence-corrected chi connectivity index (χ3v) is 9.33. The molecule has 1 N–H and O–H groups in total. The monoisotopic (exact) mass is 610 g/mol. The first-order valence-electron chi connectivity index (χ1n) is 14.6. The molecular weight excluding hydrogens is 576 g/mol. The Hall–Kier alpha value is -4.53. The first kappa shape index (κ1) is 29.5. The molecule has 0 aliphatic carbocycles. The van der Waals surface area contributed by atoms with Crippen molar-refractivity contribution in [2.45, 2.75) is 45.9 Å². The largest absolute Gasteiger partial charge is 0.372 e. The fourth-order valence-electron chi connectivity index (χ4n) is 5.70. The number of pyridine rings is 3. The Morgan fingerprint density at radius 3 is 2.64 bits per heavy atom. The van der Waals surface area contributed by atoms with E-state index in [-0.39, 0.29) is 30.4 Å². The summed E-state index contributed by atoms with van der Waals surface area (Å²) in [7, 11) is -3.59. The number of hydrogen-bond donors (Lipinski definition) is 1. The SMILES string of the molecule is CC#CCS(=O)(=O)N1CCc2ccc(C(=O)NCc3cc4nc(-c5cccc(N6C[C@@H](C)O[C@@H](C)C6)n5)ccc4cn3)cc21. The zero-order valence-corrected chi connectivity index (χ0v) is 25.8. The van der Waals surface area contributed by atoms with Gasteiger partial charge in [0.25, 0.3) is 5.91 Å². The molecule has 1 fully saturated rings. The summed E-state index contributed by atoms with van der Waals surface area (Å²) in [6.45, 7) is 7.85. The molecule has 0 unspecified atom stereocenters. The second-order valence-electron chi connectivity index (χ2n) is 11.1. The Morgan fingerprint density at radius 1 is 1.05 bits per heavy atom. The van der Waals surface area contributed by atoms with Crippen LogP contribution in [0.4, 0.5) is 11.5 Å². The number of hydrogen-bond acceptors (Lipinski definition) is 8. The van der Waals surface area contributed by atoms with Crippen LogP contribution in [0.5, 0.6) is 0 Å². The van der Waals surface area contributed by atoms with Crippen molar-refractivity contribution < 1.29 is 17.9 Å². The van der Waals surface area contributed by atoms with Crippen molar-refractivity contribution in [2.75, 3.05) is 34.6 Å². The molecule has 226 valence electrons. The van der Waals surface area contributed by atoms with Gasteiger partial charge >= 0.3 is 0 Å². The minimum absolute atomic E-state index is 0.133. The lowest BCUT2D eigenvalue weighted by atomic mass is 10.1. The van der Waals surface area contributed by atoms with Crippen LogP contribution in [0.2, 0.25) is 0 Å². The standard InChI is InChI=1S/C33H34N6O4S/c1-4-5-15-44(41,42)39-14-13-24-9-10-25(16-31(24)39)33(40)35-19-27-17-30-26(18-34-27)11-12-29(36-30)28-7-6-8-32(37-28)38-20-22(2)43-23(3)21-38/h6-12,16-18,22-23H,13-15,19-21H2,1-3H3,(H,35,40)/t22-,23+. The number of aromatic nitrogens is 3. The molecule has 0 radical (unpaired) electrons. The zero-order valence-electron chi connectivity index (χ0n) is 24.9. The molecule has 3 aromatic heterocycles. The minimum atomic E-state index is -3.59. The van der Waals surface area contributed by atoms with Gasteiger partial charge in [-0.25, -0.2) is 18.4 Å². The first-order valence-corrected chi connectivity index (χ1v) is 16.3. The van der Waals surface area contributed by atoms with Gasteiger partial charge in [0.1, 0.15) is 11.6 Å². The van der Waals surface area contributed by atoms with E-state index in [0.29, 0.717) is 29.9 Å². The third-order valence-electron chi connectivity index (χ3n) is 7.77. The Balaban J connectivity index is 1.17. The van der Waals surface area contributed by atoms with Gasteiger partial charge in [0.15, 0.2) is 0 Å². The number of anilines is 2. The van der Waals surface area contributed by atoms with Crippen molar-refractivity contribution in [3.8, 4) is 23.2 Å². The maximum atomic E-state index is 13.1. The highest BCUT2D eigenvalue weighted by molar-refractivity contribution is 7.93. The van der Waals surface area contributed by atoms with Gasteiger partial charge in [-0.3, -0.25) is 14.1 Å². The van der Waals surface area contributed by atoms with E-state index in [9.17, 15) is 13.2 Å². The molecular formula is C33H34N6O4S. The van der Waals surface area contributed by atoms with Crippen molar-refractivity contribution in [3.05, 3.63) is 77.6 Å². The summed E-state index contributed by atoms with van der Waals surface area (Å²) in [5.41, 5.74) is 4.72. The number of rotatable bonds is 7. The highest BCUT2D eigenvalue weighted by atomic mass is 32.2. The average molecular weight is 611 g/mol. The van der Waals surface area contributed by atoms with E-state index < -0.39 is 10.0 Å². The number of morpholine rings is 1. The molecule has 4 aromatic rings. The van der Waals surface area contributed by atoms with Gasteiger partial charge in [-0.2, -0.15) is 0 Å². The van der Waals surface area contributed by atoms with E-state index in [4.69, 9.17) is 14.7 Å². The van der Waals surface area contributed by atoms with Crippen molar-refractivity contribution in [1.29, 1.82) is 0 Å². The van der Waals surface area contributed by atoms with Crippen molar-refractivity contribution in [2.24, 2.45) is 0 Å². The minimum Gasteiger partial charge on any atom is -0.372 e. The molecule has 44 heavy (non-hydrogen) atoms. The summed E-state index contributed by atoms with van der Waals surface area (Å²) in [4.78, 5) is 29.6. The normalized spacial score (nSPS) is 18.1. The lowest BCUT2D eigenvalue weighted by Gasteiger charge is -2.36. The van der Waals surface area contributed by atoms with E-state index in [0.717, 1.165) is 46.8 Å². The van der Waals surface area contributed by atoms with Crippen LogP contribution in [0.25, 0.3) is 22.3 Å². The third kappa shape index (κ3) is 6.23. The van der Waals surface area contributed by atoms with Crippen LogP contribution < -0.4 is 14.5 Å². The van der Waals surface area contributed by atoms with Crippen LogP contribution >= 0.6 is 0 Å². The number of nitrogens with one attached hydrogen (secondary N) is 1. The summed E-state index contributed by atoms with van der Waals surface area (Å²) >= 11 is 0. The molecule has 1 aromatic carbocycles. The van der Waals surface area contributed by atoms with Crippen LogP contribution in [0, 0.1) is 11.8 Å². The van der Waals surface area contributed by atoms with Crippen LogP contribution in [-0.4, -0.2) is 66.9 Å². The number of fused-ring (bicyclic) bond motifs is 2. The summed E-state index contributed by atoms with van der Waals surface area (Å²) in [6, 6.07) is 16.9. The summed E-state index contributed by atoms with van der Waals surface area (Å²) < 4.78 is 32.8. The highest BCUT2D eigenvalue weighted by Gasteiger charge is 2.29. The van der Waals surface area contributed by atoms with E-state index >= 15 is 0 Å². The maximum absolute atomic E-state index is 13.1. The number of benzene rings is 1. The van der Waals surface area contributed by atoms with Crippen LogP contribution in [0.1, 0.15) is 42.4 Å². The van der Waals surface area contributed by atoms with Gasteiger partial charge in [-0.05, 0) is 75.2 Å². The molecule has 2 atom stereocenters. The van der Waals surface area contributed by atoms with Crippen molar-refractivity contribution in [3.63, 3.8) is 0 Å². The second-order valence-corrected chi connectivity index (χ2v) is 13.0. The van der Waals surface area contributed by atoms with Gasteiger partial charge in [0.2, 0.25) is 10.0 Å². The number of carbonyl (C=O) groups is 1. The van der Waals surface area contributed by atoms with Crippen molar-refractivity contribution in [1.82, 2.24) is 20.3 Å². The van der Waals surface area contributed by atoms with E-state index in [1.807, 2.05) is 42.5 Å². The van der Waals surface area contributed by atoms with Crippen molar-refractivity contribution >= 4 is 38.3 Å².